The molecule has 2 aliphatic rings. The maximum absolute atomic E-state index is 13.4. The summed E-state index contributed by atoms with van der Waals surface area (Å²) in [6.07, 6.45) is 3.20. The lowest BCUT2D eigenvalue weighted by molar-refractivity contribution is -0.133. The second-order valence-electron chi connectivity index (χ2n) is 11.0. The SMILES string of the molecule is CC(C(C)[C@@H]1NC(=O)[C@@H](CC(=O)NC#N)C[C@@H]1c1cccc(Cl)c1)C(c1ccc(Cl)cc1)N(C)S(=O)(=O)C1CC1. The van der Waals surface area contributed by atoms with E-state index in [-0.39, 0.29) is 41.4 Å². The summed E-state index contributed by atoms with van der Waals surface area (Å²) in [6, 6.07) is 13.8. The summed E-state index contributed by atoms with van der Waals surface area (Å²) in [5, 5.41) is 14.8. The van der Waals surface area contributed by atoms with Gasteiger partial charge in [0.2, 0.25) is 21.8 Å². The number of hydrogen-bond acceptors (Lipinski definition) is 5. The fourth-order valence-electron chi connectivity index (χ4n) is 5.91. The van der Waals surface area contributed by atoms with Gasteiger partial charge in [-0.05, 0) is 66.5 Å². The predicted octanol–water partition coefficient (Wildman–Crippen LogP) is 5.01. The van der Waals surface area contributed by atoms with Gasteiger partial charge >= 0.3 is 0 Å². The highest BCUT2D eigenvalue weighted by Crippen LogP contribution is 2.44. The van der Waals surface area contributed by atoms with Crippen molar-refractivity contribution in [1.29, 1.82) is 5.26 Å². The van der Waals surface area contributed by atoms with Crippen LogP contribution in [-0.4, -0.2) is 42.9 Å². The summed E-state index contributed by atoms with van der Waals surface area (Å²) < 4.78 is 28.3. The Hall–Kier alpha value is -2.64. The molecule has 0 radical (unpaired) electrons. The van der Waals surface area contributed by atoms with E-state index < -0.39 is 27.9 Å². The Balaban J connectivity index is 1.69. The zero-order chi connectivity index (χ0) is 29.2. The van der Waals surface area contributed by atoms with Crippen LogP contribution in [0.1, 0.15) is 62.6 Å². The van der Waals surface area contributed by atoms with Crippen LogP contribution in [0.3, 0.4) is 0 Å². The summed E-state index contributed by atoms with van der Waals surface area (Å²) in [7, 11) is -1.88. The van der Waals surface area contributed by atoms with Gasteiger partial charge in [0.25, 0.3) is 0 Å². The van der Waals surface area contributed by atoms with Crippen molar-refractivity contribution in [3.05, 3.63) is 69.7 Å². The molecule has 2 aromatic carbocycles. The minimum atomic E-state index is -3.52. The molecule has 11 heteroatoms. The summed E-state index contributed by atoms with van der Waals surface area (Å²) in [5.41, 5.74) is 1.74. The maximum Gasteiger partial charge on any atom is 0.233 e. The van der Waals surface area contributed by atoms with Gasteiger partial charge in [-0.15, -0.1) is 0 Å². The van der Waals surface area contributed by atoms with E-state index >= 15 is 0 Å². The molecule has 4 rings (SSSR count). The molecule has 8 nitrogen and oxygen atoms in total. The molecule has 1 aliphatic heterocycles. The normalized spacial score (nSPS) is 23.5. The van der Waals surface area contributed by atoms with E-state index in [0.717, 1.165) is 11.1 Å². The summed E-state index contributed by atoms with van der Waals surface area (Å²) >= 11 is 12.5. The van der Waals surface area contributed by atoms with Gasteiger partial charge in [0.05, 0.1) is 11.3 Å². The predicted molar refractivity (Wildman–Crippen MR) is 155 cm³/mol. The van der Waals surface area contributed by atoms with Crippen LogP contribution in [0.15, 0.2) is 48.5 Å². The number of nitrogens with one attached hydrogen (secondary N) is 2. The Morgan fingerprint density at radius 2 is 1.82 bits per heavy atom. The lowest BCUT2D eigenvalue weighted by Crippen LogP contribution is -2.54. The zero-order valence-corrected chi connectivity index (χ0v) is 25.0. The first-order valence-corrected chi connectivity index (χ1v) is 15.7. The highest BCUT2D eigenvalue weighted by atomic mass is 35.5. The van der Waals surface area contributed by atoms with Crippen molar-refractivity contribution < 1.29 is 18.0 Å². The number of amides is 2. The van der Waals surface area contributed by atoms with Crippen molar-refractivity contribution >= 4 is 45.0 Å². The van der Waals surface area contributed by atoms with Gasteiger partial charge in [0, 0.05) is 41.4 Å². The second-order valence-corrected chi connectivity index (χ2v) is 14.1. The van der Waals surface area contributed by atoms with E-state index in [1.807, 2.05) is 44.2 Å². The number of carbonyl (C=O) groups excluding carboxylic acids is 2. The number of nitriles is 1. The quantitative estimate of drug-likeness (QED) is 0.292. The van der Waals surface area contributed by atoms with Crippen molar-refractivity contribution in [3.8, 4) is 6.19 Å². The van der Waals surface area contributed by atoms with Crippen LogP contribution in [0.2, 0.25) is 10.0 Å². The van der Waals surface area contributed by atoms with Crippen molar-refractivity contribution in [2.24, 2.45) is 17.8 Å². The number of benzene rings is 2. The van der Waals surface area contributed by atoms with Crippen LogP contribution in [0.25, 0.3) is 0 Å². The first kappa shape index (κ1) is 30.3. The third-order valence-electron chi connectivity index (χ3n) is 8.40. The van der Waals surface area contributed by atoms with Crippen molar-refractivity contribution in [3.63, 3.8) is 0 Å². The minimum absolute atomic E-state index is 0.108. The molecule has 40 heavy (non-hydrogen) atoms. The molecule has 1 saturated heterocycles. The number of carbonyl (C=O) groups is 2. The van der Waals surface area contributed by atoms with Gasteiger partial charge in [-0.25, -0.2) is 8.42 Å². The molecule has 3 unspecified atom stereocenters. The Morgan fingerprint density at radius 3 is 2.42 bits per heavy atom. The largest absolute Gasteiger partial charge is 0.352 e. The van der Waals surface area contributed by atoms with Crippen LogP contribution in [-0.2, 0) is 19.6 Å². The molecule has 2 N–H and O–H groups in total. The van der Waals surface area contributed by atoms with Gasteiger partial charge in [-0.2, -0.15) is 9.57 Å². The van der Waals surface area contributed by atoms with Crippen molar-refractivity contribution in [2.75, 3.05) is 7.05 Å². The molecule has 0 aromatic heterocycles. The third kappa shape index (κ3) is 6.63. The molecule has 6 atom stereocenters. The van der Waals surface area contributed by atoms with Gasteiger partial charge in [0.1, 0.15) is 0 Å². The van der Waals surface area contributed by atoms with Crippen LogP contribution in [0.4, 0.5) is 0 Å². The maximum atomic E-state index is 13.4. The number of hydrogen-bond donors (Lipinski definition) is 2. The van der Waals surface area contributed by atoms with Crippen LogP contribution in [0.5, 0.6) is 0 Å². The lowest BCUT2D eigenvalue weighted by Gasteiger charge is -2.44. The summed E-state index contributed by atoms with van der Waals surface area (Å²) in [4.78, 5) is 25.4. The average Bonchev–Trinajstić information content (AvgIpc) is 3.77. The van der Waals surface area contributed by atoms with E-state index in [2.05, 4.69) is 10.6 Å². The Bertz CT molecular complexity index is 1390. The fourth-order valence-corrected chi connectivity index (χ4v) is 8.07. The number of piperidine rings is 1. The van der Waals surface area contributed by atoms with E-state index in [1.54, 1.807) is 31.4 Å². The van der Waals surface area contributed by atoms with Crippen LogP contribution >= 0.6 is 23.2 Å². The number of nitrogens with zero attached hydrogens (tertiary/aromatic N) is 2. The zero-order valence-electron chi connectivity index (χ0n) is 22.7. The highest BCUT2D eigenvalue weighted by Gasteiger charge is 2.46. The van der Waals surface area contributed by atoms with Gasteiger partial charge in [-0.3, -0.25) is 14.9 Å². The molecular weight excluding hydrogens is 571 g/mol. The molecule has 214 valence electrons. The number of rotatable bonds is 10. The molecule has 2 aromatic rings. The van der Waals surface area contributed by atoms with Crippen molar-refractivity contribution in [2.45, 2.75) is 62.8 Å². The van der Waals surface area contributed by atoms with Crippen molar-refractivity contribution in [1.82, 2.24) is 14.9 Å². The van der Waals surface area contributed by atoms with Crippen LogP contribution in [0, 0.1) is 29.2 Å². The van der Waals surface area contributed by atoms with Crippen LogP contribution < -0.4 is 10.6 Å². The van der Waals surface area contributed by atoms with Gasteiger partial charge in [-0.1, -0.05) is 61.3 Å². The topological polar surface area (TPSA) is 119 Å². The average molecular weight is 606 g/mol. The molecule has 1 aliphatic carbocycles. The lowest BCUT2D eigenvalue weighted by atomic mass is 9.70. The molecule has 2 amide bonds. The Morgan fingerprint density at radius 1 is 1.15 bits per heavy atom. The van der Waals surface area contributed by atoms with Gasteiger partial charge in [0.15, 0.2) is 6.19 Å². The summed E-state index contributed by atoms with van der Waals surface area (Å²) in [6.45, 7) is 4.03. The first-order valence-electron chi connectivity index (χ1n) is 13.4. The Labute approximate surface area is 246 Å². The molecule has 0 spiro atoms. The standard InChI is InChI=1S/C29H34Cl2N4O4S/c1-17(18(2)28(19-7-9-22(30)10-8-19)35(3)40(38,39)24-11-12-24)27-25(20-5-4-6-23(31)13-20)14-21(29(37)34-27)15-26(36)33-16-32/h4-10,13,17-18,21,24-25,27-28H,11-12,14-15H2,1-3H3,(H,33,36)(H,34,37)/t17?,18?,21-,25-,27+,28?/m1/s1. The monoisotopic (exact) mass is 604 g/mol. The second kappa shape index (κ2) is 12.5. The minimum Gasteiger partial charge on any atom is -0.352 e. The number of halogens is 2. The van der Waals surface area contributed by atoms with E-state index in [4.69, 9.17) is 28.5 Å². The highest BCUT2D eigenvalue weighted by molar-refractivity contribution is 7.90. The Kier molecular flexibility index (Phi) is 9.46. The fraction of sp³-hybridized carbons (Fsp3) is 0.483. The third-order valence-corrected chi connectivity index (χ3v) is 11.2. The first-order chi connectivity index (χ1) is 18.9. The van der Waals surface area contributed by atoms with E-state index in [9.17, 15) is 18.0 Å². The summed E-state index contributed by atoms with van der Waals surface area (Å²) in [5.74, 6) is -1.99. The van der Waals surface area contributed by atoms with E-state index in [1.165, 1.54) is 4.31 Å². The van der Waals surface area contributed by atoms with E-state index in [0.29, 0.717) is 29.3 Å². The molecule has 1 heterocycles. The molecular formula is C29H34Cl2N4O4S. The number of sulfonamides is 1. The van der Waals surface area contributed by atoms with Gasteiger partial charge < -0.3 is 5.32 Å². The molecule has 0 bridgehead atoms. The smallest absolute Gasteiger partial charge is 0.233 e. The molecule has 1 saturated carbocycles. The molecule has 2 fully saturated rings.